The fourth-order valence-corrected chi connectivity index (χ4v) is 2.24. The third kappa shape index (κ3) is 4.19. The minimum Gasteiger partial charge on any atom is -0.492 e. The molecule has 0 aromatic heterocycles. The molecular formula is C15H13FINO2. The van der Waals surface area contributed by atoms with Crippen LogP contribution < -0.4 is 10.1 Å². The smallest absolute Gasteiger partial charge is 0.252 e. The molecule has 0 aliphatic carbocycles. The van der Waals surface area contributed by atoms with Gasteiger partial charge in [-0.25, -0.2) is 4.39 Å². The van der Waals surface area contributed by atoms with Crippen LogP contribution in [-0.2, 0) is 0 Å². The first kappa shape index (κ1) is 14.8. The first-order valence-corrected chi connectivity index (χ1v) is 7.16. The summed E-state index contributed by atoms with van der Waals surface area (Å²) in [5.41, 5.74) is 0.648. The van der Waals surface area contributed by atoms with Gasteiger partial charge < -0.3 is 10.1 Å². The number of carbonyl (C=O) groups is 1. The van der Waals surface area contributed by atoms with Gasteiger partial charge in [-0.05, 0) is 59.0 Å². The molecule has 5 heteroatoms. The van der Waals surface area contributed by atoms with Crippen molar-refractivity contribution in [1.29, 1.82) is 0 Å². The Bertz CT molecular complexity index is 587. The standard InChI is InChI=1S/C15H13FINO2/c16-11-5-7-12(8-6-11)20-10-9-18-15(19)13-3-1-2-4-14(13)17/h1-8H,9-10H2,(H,18,19). The number of amides is 1. The van der Waals surface area contributed by atoms with Crippen molar-refractivity contribution < 1.29 is 13.9 Å². The highest BCUT2D eigenvalue weighted by molar-refractivity contribution is 14.1. The van der Waals surface area contributed by atoms with Crippen molar-refractivity contribution in [3.63, 3.8) is 0 Å². The molecule has 2 aromatic rings. The van der Waals surface area contributed by atoms with Crippen molar-refractivity contribution in [3.05, 3.63) is 63.5 Å². The van der Waals surface area contributed by atoms with Crippen molar-refractivity contribution in [2.45, 2.75) is 0 Å². The summed E-state index contributed by atoms with van der Waals surface area (Å²) in [6, 6.07) is 13.1. The molecule has 3 nitrogen and oxygen atoms in total. The normalized spacial score (nSPS) is 10.1. The van der Waals surface area contributed by atoms with Gasteiger partial charge in [-0.15, -0.1) is 0 Å². The van der Waals surface area contributed by atoms with Gasteiger partial charge in [-0.1, -0.05) is 12.1 Å². The molecule has 0 aliphatic heterocycles. The maximum absolute atomic E-state index is 12.7. The van der Waals surface area contributed by atoms with Gasteiger partial charge in [0, 0.05) is 3.57 Å². The van der Waals surface area contributed by atoms with Crippen LogP contribution in [0.4, 0.5) is 4.39 Å². The van der Waals surface area contributed by atoms with Gasteiger partial charge in [-0.3, -0.25) is 4.79 Å². The van der Waals surface area contributed by atoms with Crippen molar-refractivity contribution in [1.82, 2.24) is 5.32 Å². The van der Waals surface area contributed by atoms with E-state index >= 15 is 0 Å². The van der Waals surface area contributed by atoms with Gasteiger partial charge in [0.25, 0.3) is 5.91 Å². The highest BCUT2D eigenvalue weighted by Gasteiger charge is 2.07. The zero-order chi connectivity index (χ0) is 14.4. The van der Waals surface area contributed by atoms with Crippen LogP contribution in [0.25, 0.3) is 0 Å². The van der Waals surface area contributed by atoms with E-state index in [1.807, 2.05) is 18.2 Å². The summed E-state index contributed by atoms with van der Waals surface area (Å²) in [6.07, 6.45) is 0. The number of ether oxygens (including phenoxy) is 1. The second-order valence-electron chi connectivity index (χ2n) is 4.04. The lowest BCUT2D eigenvalue weighted by Crippen LogP contribution is -2.28. The van der Waals surface area contributed by atoms with Gasteiger partial charge in [-0.2, -0.15) is 0 Å². The van der Waals surface area contributed by atoms with Gasteiger partial charge in [0.2, 0.25) is 0 Å². The highest BCUT2D eigenvalue weighted by atomic mass is 127. The molecule has 0 spiro atoms. The Morgan fingerprint density at radius 1 is 1.15 bits per heavy atom. The van der Waals surface area contributed by atoms with E-state index in [0.717, 1.165) is 3.57 Å². The second-order valence-corrected chi connectivity index (χ2v) is 5.20. The zero-order valence-corrected chi connectivity index (χ0v) is 12.8. The zero-order valence-electron chi connectivity index (χ0n) is 10.6. The first-order valence-electron chi connectivity index (χ1n) is 6.08. The maximum Gasteiger partial charge on any atom is 0.252 e. The van der Waals surface area contributed by atoms with Crippen LogP contribution in [-0.4, -0.2) is 19.1 Å². The first-order chi connectivity index (χ1) is 9.66. The van der Waals surface area contributed by atoms with E-state index in [9.17, 15) is 9.18 Å². The summed E-state index contributed by atoms with van der Waals surface area (Å²) in [7, 11) is 0. The number of hydrogen-bond acceptors (Lipinski definition) is 2. The number of rotatable bonds is 5. The number of halogens is 2. The van der Waals surface area contributed by atoms with E-state index in [0.29, 0.717) is 24.5 Å². The van der Waals surface area contributed by atoms with Crippen molar-refractivity contribution in [2.24, 2.45) is 0 Å². The number of carbonyl (C=O) groups excluding carboxylic acids is 1. The van der Waals surface area contributed by atoms with Gasteiger partial charge in [0.1, 0.15) is 18.2 Å². The number of nitrogens with one attached hydrogen (secondary N) is 1. The van der Waals surface area contributed by atoms with Gasteiger partial charge >= 0.3 is 0 Å². The van der Waals surface area contributed by atoms with E-state index in [-0.39, 0.29) is 11.7 Å². The average Bonchev–Trinajstić information content (AvgIpc) is 2.46. The van der Waals surface area contributed by atoms with Crippen LogP contribution in [0.2, 0.25) is 0 Å². The molecule has 1 amide bonds. The number of benzene rings is 2. The number of hydrogen-bond donors (Lipinski definition) is 1. The minimum absolute atomic E-state index is 0.127. The summed E-state index contributed by atoms with van der Waals surface area (Å²) in [4.78, 5) is 11.9. The molecule has 0 bridgehead atoms. The van der Waals surface area contributed by atoms with Crippen molar-refractivity contribution in [2.75, 3.05) is 13.2 Å². The van der Waals surface area contributed by atoms with Crippen molar-refractivity contribution in [3.8, 4) is 5.75 Å². The summed E-state index contributed by atoms with van der Waals surface area (Å²) in [5, 5.41) is 2.78. The van der Waals surface area contributed by atoms with E-state index in [4.69, 9.17) is 4.74 Å². The Kier molecular flexibility index (Phi) is 5.34. The largest absolute Gasteiger partial charge is 0.492 e. The average molecular weight is 385 g/mol. The quantitative estimate of drug-likeness (QED) is 0.634. The molecule has 0 aliphatic rings. The summed E-state index contributed by atoms with van der Waals surface area (Å²) < 4.78 is 19.0. The van der Waals surface area contributed by atoms with Crippen LogP contribution >= 0.6 is 22.6 Å². The van der Waals surface area contributed by atoms with Crippen LogP contribution in [0.1, 0.15) is 10.4 Å². The molecule has 0 saturated carbocycles. The maximum atomic E-state index is 12.7. The predicted molar refractivity (Wildman–Crippen MR) is 83.4 cm³/mol. The third-order valence-electron chi connectivity index (χ3n) is 2.59. The lowest BCUT2D eigenvalue weighted by Gasteiger charge is -2.08. The van der Waals surface area contributed by atoms with E-state index in [1.54, 1.807) is 18.2 Å². The summed E-state index contributed by atoms with van der Waals surface area (Å²) >= 11 is 2.12. The Hall–Kier alpha value is -1.63. The van der Waals surface area contributed by atoms with Gasteiger partial charge in [0.15, 0.2) is 0 Å². The highest BCUT2D eigenvalue weighted by Crippen LogP contribution is 2.12. The SMILES string of the molecule is O=C(NCCOc1ccc(F)cc1)c1ccccc1I. The minimum atomic E-state index is -0.302. The molecular weight excluding hydrogens is 372 g/mol. The Morgan fingerprint density at radius 3 is 2.55 bits per heavy atom. The van der Waals surface area contributed by atoms with Crippen molar-refractivity contribution >= 4 is 28.5 Å². The molecule has 0 fully saturated rings. The second kappa shape index (κ2) is 7.23. The fourth-order valence-electron chi connectivity index (χ4n) is 1.60. The monoisotopic (exact) mass is 385 g/mol. The van der Waals surface area contributed by atoms with Gasteiger partial charge in [0.05, 0.1) is 12.1 Å². The molecule has 0 heterocycles. The Labute approximate surface area is 130 Å². The molecule has 0 saturated heterocycles. The summed E-state index contributed by atoms with van der Waals surface area (Å²) in [6.45, 7) is 0.724. The molecule has 2 rings (SSSR count). The third-order valence-corrected chi connectivity index (χ3v) is 3.53. The van der Waals surface area contributed by atoms with Crippen LogP contribution in [0.5, 0.6) is 5.75 Å². The Balaban J connectivity index is 1.77. The molecule has 0 radical (unpaired) electrons. The lowest BCUT2D eigenvalue weighted by molar-refractivity contribution is 0.0946. The lowest BCUT2D eigenvalue weighted by atomic mass is 10.2. The van der Waals surface area contributed by atoms with E-state index < -0.39 is 0 Å². The fraction of sp³-hybridized carbons (Fsp3) is 0.133. The Morgan fingerprint density at radius 2 is 1.85 bits per heavy atom. The van der Waals surface area contributed by atoms with E-state index in [1.165, 1.54) is 12.1 Å². The molecule has 104 valence electrons. The topological polar surface area (TPSA) is 38.3 Å². The predicted octanol–water partition coefficient (Wildman–Crippen LogP) is 3.24. The van der Waals surface area contributed by atoms with Crippen LogP contribution in [0.15, 0.2) is 48.5 Å². The molecule has 20 heavy (non-hydrogen) atoms. The molecule has 1 N–H and O–H groups in total. The molecule has 2 aromatic carbocycles. The molecule has 0 atom stereocenters. The van der Waals surface area contributed by atoms with Crippen LogP contribution in [0, 0.1) is 9.39 Å². The summed E-state index contributed by atoms with van der Waals surface area (Å²) in [5.74, 6) is 0.150. The molecule has 0 unspecified atom stereocenters. The van der Waals surface area contributed by atoms with E-state index in [2.05, 4.69) is 27.9 Å². The van der Waals surface area contributed by atoms with Crippen LogP contribution in [0.3, 0.4) is 0 Å².